The highest BCUT2D eigenvalue weighted by Crippen LogP contribution is 2.21. The first-order chi connectivity index (χ1) is 12.5. The number of carbonyl (C=O) groups excluding carboxylic acids is 2. The summed E-state index contributed by atoms with van der Waals surface area (Å²) in [6.07, 6.45) is 18.2. The molecule has 1 unspecified atom stereocenters. The molecule has 0 spiro atoms. The Morgan fingerprint density at radius 2 is 1.81 bits per heavy atom. The second kappa shape index (κ2) is 16.5. The van der Waals surface area contributed by atoms with Crippen LogP contribution in [0, 0.1) is 0 Å². The van der Waals surface area contributed by atoms with Crippen LogP contribution >= 0.6 is 0 Å². The molecule has 26 heavy (non-hydrogen) atoms. The van der Waals surface area contributed by atoms with Gasteiger partial charge < -0.3 is 9.84 Å². The van der Waals surface area contributed by atoms with Gasteiger partial charge in [-0.15, -0.1) is 6.58 Å². The number of allylic oxidation sites excluding steroid dienone is 3. The van der Waals surface area contributed by atoms with Crippen molar-refractivity contribution < 1.29 is 19.4 Å². The molecule has 4 nitrogen and oxygen atoms in total. The fourth-order valence-electron chi connectivity index (χ4n) is 2.62. The summed E-state index contributed by atoms with van der Waals surface area (Å²) >= 11 is 0. The normalized spacial score (nSPS) is 16.8. The maximum atomic E-state index is 10.1. The summed E-state index contributed by atoms with van der Waals surface area (Å²) in [5.41, 5.74) is 2.22. The Bertz CT molecular complexity index is 488. The van der Waals surface area contributed by atoms with Crippen molar-refractivity contribution in [2.24, 2.45) is 0 Å². The van der Waals surface area contributed by atoms with Gasteiger partial charge in [0.1, 0.15) is 12.9 Å². The maximum absolute atomic E-state index is 10.1. The fourth-order valence-corrected chi connectivity index (χ4v) is 2.62. The SMILES string of the molecule is C=CCC(O)C1=CCCCC1.C=CCOC(C)=O.O=CC1=CCCCC1. The van der Waals surface area contributed by atoms with Gasteiger partial charge in [-0.05, 0) is 68.9 Å². The molecule has 4 heteroatoms. The highest BCUT2D eigenvalue weighted by atomic mass is 16.5. The van der Waals surface area contributed by atoms with E-state index in [4.69, 9.17) is 0 Å². The van der Waals surface area contributed by atoms with Crippen molar-refractivity contribution >= 4 is 12.3 Å². The van der Waals surface area contributed by atoms with Crippen LogP contribution in [-0.2, 0) is 14.3 Å². The van der Waals surface area contributed by atoms with Crippen LogP contribution in [0.1, 0.15) is 64.7 Å². The van der Waals surface area contributed by atoms with Gasteiger partial charge in [0.25, 0.3) is 0 Å². The zero-order valence-electron chi connectivity index (χ0n) is 16.1. The van der Waals surface area contributed by atoms with Crippen molar-refractivity contribution in [1.82, 2.24) is 0 Å². The number of rotatable bonds is 6. The van der Waals surface area contributed by atoms with Crippen LogP contribution in [0.3, 0.4) is 0 Å². The van der Waals surface area contributed by atoms with Gasteiger partial charge in [-0.2, -0.15) is 0 Å². The molecule has 2 aliphatic carbocycles. The molecule has 0 heterocycles. The summed E-state index contributed by atoms with van der Waals surface area (Å²) in [5.74, 6) is -0.264. The van der Waals surface area contributed by atoms with Gasteiger partial charge in [-0.25, -0.2) is 0 Å². The molecular weight excluding hydrogens is 328 g/mol. The van der Waals surface area contributed by atoms with Gasteiger partial charge in [-0.3, -0.25) is 9.59 Å². The smallest absolute Gasteiger partial charge is 0.302 e. The minimum absolute atomic E-state index is 0.257. The molecule has 2 aliphatic rings. The quantitative estimate of drug-likeness (QED) is 0.417. The highest BCUT2D eigenvalue weighted by Gasteiger charge is 2.10. The number of aliphatic hydroxyl groups is 1. The monoisotopic (exact) mass is 362 g/mol. The summed E-state index contributed by atoms with van der Waals surface area (Å²) in [6.45, 7) is 8.64. The van der Waals surface area contributed by atoms with Gasteiger partial charge in [0, 0.05) is 6.92 Å². The van der Waals surface area contributed by atoms with Gasteiger partial charge in [0.05, 0.1) is 6.10 Å². The van der Waals surface area contributed by atoms with Crippen LogP contribution in [0.25, 0.3) is 0 Å². The molecule has 0 aromatic carbocycles. The van der Waals surface area contributed by atoms with Crippen LogP contribution in [0.15, 0.2) is 48.6 Å². The Kier molecular flexibility index (Phi) is 15.3. The molecule has 0 saturated heterocycles. The zero-order valence-corrected chi connectivity index (χ0v) is 16.1. The molecule has 146 valence electrons. The third-order valence-corrected chi connectivity index (χ3v) is 4.03. The molecule has 0 radical (unpaired) electrons. The summed E-state index contributed by atoms with van der Waals surface area (Å²) in [5, 5.41) is 9.53. The van der Waals surface area contributed by atoms with Crippen molar-refractivity contribution in [3.05, 3.63) is 48.6 Å². The lowest BCUT2D eigenvalue weighted by Crippen LogP contribution is -2.10. The molecular formula is C22H34O4. The third-order valence-electron chi connectivity index (χ3n) is 4.03. The minimum atomic E-state index is -0.264. The van der Waals surface area contributed by atoms with Crippen LogP contribution in [0.2, 0.25) is 0 Å². The van der Waals surface area contributed by atoms with Gasteiger partial charge in [0.2, 0.25) is 0 Å². The van der Waals surface area contributed by atoms with Crippen molar-refractivity contribution in [2.75, 3.05) is 6.61 Å². The van der Waals surface area contributed by atoms with Crippen LogP contribution < -0.4 is 0 Å². The third kappa shape index (κ3) is 13.4. The second-order valence-electron chi connectivity index (χ2n) is 6.30. The number of ether oxygens (including phenoxy) is 1. The van der Waals surface area contributed by atoms with E-state index in [1.54, 1.807) is 6.08 Å². The average molecular weight is 363 g/mol. The van der Waals surface area contributed by atoms with Crippen LogP contribution in [-0.4, -0.2) is 30.1 Å². The van der Waals surface area contributed by atoms with E-state index in [0.717, 1.165) is 37.5 Å². The van der Waals surface area contributed by atoms with Crippen LogP contribution in [0.5, 0.6) is 0 Å². The summed E-state index contributed by atoms with van der Waals surface area (Å²) < 4.78 is 4.43. The van der Waals surface area contributed by atoms with E-state index < -0.39 is 0 Å². The topological polar surface area (TPSA) is 63.6 Å². The largest absolute Gasteiger partial charge is 0.462 e. The van der Waals surface area contributed by atoms with E-state index >= 15 is 0 Å². The second-order valence-corrected chi connectivity index (χ2v) is 6.30. The van der Waals surface area contributed by atoms with Crippen molar-refractivity contribution in [1.29, 1.82) is 0 Å². The lowest BCUT2D eigenvalue weighted by Gasteiger charge is -2.16. The van der Waals surface area contributed by atoms with E-state index in [2.05, 4.69) is 24.0 Å². The summed E-state index contributed by atoms with van der Waals surface area (Å²) in [7, 11) is 0. The Balaban J connectivity index is 0.000000373. The molecule has 0 aliphatic heterocycles. The number of esters is 1. The lowest BCUT2D eigenvalue weighted by molar-refractivity contribution is -0.139. The number of hydrogen-bond acceptors (Lipinski definition) is 4. The Morgan fingerprint density at radius 1 is 1.15 bits per heavy atom. The first-order valence-corrected chi connectivity index (χ1v) is 9.41. The number of hydrogen-bond donors (Lipinski definition) is 1. The molecule has 0 aromatic heterocycles. The predicted molar refractivity (Wildman–Crippen MR) is 107 cm³/mol. The van der Waals surface area contributed by atoms with Crippen molar-refractivity contribution in [3.8, 4) is 0 Å². The first kappa shape index (κ1) is 24.1. The van der Waals surface area contributed by atoms with Crippen LogP contribution in [0.4, 0.5) is 0 Å². The molecule has 0 amide bonds. The fraction of sp³-hybridized carbons (Fsp3) is 0.545. The maximum Gasteiger partial charge on any atom is 0.302 e. The molecule has 1 atom stereocenters. The van der Waals surface area contributed by atoms with E-state index in [1.165, 1.54) is 44.3 Å². The average Bonchev–Trinajstić information content (AvgIpc) is 2.69. The molecule has 0 saturated carbocycles. The number of carbonyl (C=O) groups is 2. The van der Waals surface area contributed by atoms with Gasteiger partial charge in [-0.1, -0.05) is 30.9 Å². The lowest BCUT2D eigenvalue weighted by atomic mass is 9.94. The molecule has 1 N–H and O–H groups in total. The first-order valence-electron chi connectivity index (χ1n) is 9.41. The summed E-state index contributed by atoms with van der Waals surface area (Å²) in [6, 6.07) is 0. The van der Waals surface area contributed by atoms with E-state index in [9.17, 15) is 14.7 Å². The molecule has 0 bridgehead atoms. The van der Waals surface area contributed by atoms with Gasteiger partial charge >= 0.3 is 5.97 Å². The predicted octanol–water partition coefficient (Wildman–Crippen LogP) is 4.85. The molecule has 0 fully saturated rings. The number of aldehydes is 1. The number of aliphatic hydroxyl groups excluding tert-OH is 1. The highest BCUT2D eigenvalue weighted by molar-refractivity contribution is 5.73. The standard InChI is InChI=1S/C10H16O.C7H10O.C5H8O2/c1-2-6-10(11)9-7-4-3-5-8-9;8-6-7-4-2-1-3-5-7;1-3-4-7-5(2)6/h2,7,10-11H,1,3-6,8H2;4,6H,1-3,5H2;3H,1,4H2,2H3. The Morgan fingerprint density at radius 3 is 2.15 bits per heavy atom. The van der Waals surface area contributed by atoms with Gasteiger partial charge in [0.15, 0.2) is 0 Å². The molecule has 2 rings (SSSR count). The van der Waals surface area contributed by atoms with E-state index in [1.807, 2.05) is 6.08 Å². The zero-order chi connectivity index (χ0) is 19.6. The van der Waals surface area contributed by atoms with E-state index in [0.29, 0.717) is 13.0 Å². The van der Waals surface area contributed by atoms with E-state index in [-0.39, 0.29) is 12.1 Å². The summed E-state index contributed by atoms with van der Waals surface area (Å²) in [4.78, 5) is 20.0. The Hall–Kier alpha value is -1.94. The Labute approximate surface area is 158 Å². The molecule has 0 aromatic rings. The minimum Gasteiger partial charge on any atom is -0.462 e. The van der Waals surface area contributed by atoms with Crippen molar-refractivity contribution in [3.63, 3.8) is 0 Å². The van der Waals surface area contributed by atoms with Crippen molar-refractivity contribution in [2.45, 2.75) is 70.8 Å².